The summed E-state index contributed by atoms with van der Waals surface area (Å²) in [4.78, 5) is 28.2. The molecule has 5 nitrogen and oxygen atoms in total. The van der Waals surface area contributed by atoms with Crippen LogP contribution in [0.2, 0.25) is 0 Å². The van der Waals surface area contributed by atoms with Crippen LogP contribution in [0.1, 0.15) is 15.9 Å². The minimum Gasteiger partial charge on any atom is -0.478 e. The molecule has 0 aliphatic carbocycles. The molecule has 1 aliphatic rings. The third-order valence-electron chi connectivity index (χ3n) is 3.20. The summed E-state index contributed by atoms with van der Waals surface area (Å²) in [5, 5.41) is 12.4. The smallest absolute Gasteiger partial charge is 0.336 e. The Bertz CT molecular complexity index is 893. The molecule has 0 unspecified atom stereocenters. The van der Waals surface area contributed by atoms with Crippen LogP contribution in [0.15, 0.2) is 62.9 Å². The summed E-state index contributed by atoms with van der Waals surface area (Å²) in [7, 11) is 0. The number of amidine groups is 1. The van der Waals surface area contributed by atoms with Gasteiger partial charge in [-0.1, -0.05) is 30.3 Å². The van der Waals surface area contributed by atoms with Gasteiger partial charge in [0.25, 0.3) is 5.91 Å². The fourth-order valence-corrected chi connectivity index (χ4v) is 3.29. The van der Waals surface area contributed by atoms with Gasteiger partial charge >= 0.3 is 5.97 Å². The highest BCUT2D eigenvalue weighted by Gasteiger charge is 2.24. The number of carboxylic acids is 1. The van der Waals surface area contributed by atoms with Crippen LogP contribution in [-0.4, -0.2) is 22.2 Å². The molecule has 0 atom stereocenters. The molecule has 0 aromatic heterocycles. The van der Waals surface area contributed by atoms with Gasteiger partial charge in [-0.15, -0.1) is 0 Å². The molecule has 2 aromatic carbocycles. The topological polar surface area (TPSA) is 78.8 Å². The van der Waals surface area contributed by atoms with E-state index in [0.29, 0.717) is 21.3 Å². The Morgan fingerprint density at radius 1 is 1.17 bits per heavy atom. The minimum atomic E-state index is -1.03. The molecule has 2 N–H and O–H groups in total. The number of thioether (sulfide) groups is 1. The first-order valence-corrected chi connectivity index (χ1v) is 8.52. The Morgan fingerprint density at radius 2 is 1.88 bits per heavy atom. The number of nitrogens with one attached hydrogen (secondary N) is 1. The number of halogens is 1. The van der Waals surface area contributed by atoms with E-state index in [-0.39, 0.29) is 11.5 Å². The van der Waals surface area contributed by atoms with Crippen molar-refractivity contribution in [3.63, 3.8) is 0 Å². The van der Waals surface area contributed by atoms with Crippen LogP contribution in [0, 0.1) is 0 Å². The third kappa shape index (κ3) is 3.58. The number of aromatic carboxylic acids is 1. The number of hydrogen-bond donors (Lipinski definition) is 2. The van der Waals surface area contributed by atoms with Gasteiger partial charge in [0.15, 0.2) is 5.17 Å². The van der Waals surface area contributed by atoms with Crippen molar-refractivity contribution in [1.29, 1.82) is 0 Å². The summed E-state index contributed by atoms with van der Waals surface area (Å²) >= 11 is 4.58. The molecular formula is C17H11BrN2O3S. The van der Waals surface area contributed by atoms with Crippen molar-refractivity contribution < 1.29 is 14.7 Å². The van der Waals surface area contributed by atoms with E-state index in [1.54, 1.807) is 24.3 Å². The maximum atomic E-state index is 12.1. The van der Waals surface area contributed by atoms with E-state index in [9.17, 15) is 14.7 Å². The molecular weight excluding hydrogens is 392 g/mol. The Balaban J connectivity index is 1.91. The predicted octanol–water partition coefficient (Wildman–Crippen LogP) is 4.04. The number of carbonyl (C=O) groups is 2. The SMILES string of the molecule is O=C1NC(=Nc2ccccc2Br)S/C1=C/c1ccccc1C(=O)O. The van der Waals surface area contributed by atoms with Crippen LogP contribution >= 0.6 is 27.7 Å². The molecule has 1 amide bonds. The van der Waals surface area contributed by atoms with E-state index in [0.717, 1.165) is 4.47 Å². The highest BCUT2D eigenvalue weighted by Crippen LogP contribution is 2.31. The largest absolute Gasteiger partial charge is 0.478 e. The van der Waals surface area contributed by atoms with Crippen molar-refractivity contribution in [2.24, 2.45) is 4.99 Å². The van der Waals surface area contributed by atoms with E-state index in [4.69, 9.17) is 0 Å². The second-order valence-electron chi connectivity index (χ2n) is 4.83. The molecule has 0 spiro atoms. The van der Waals surface area contributed by atoms with Crippen molar-refractivity contribution in [1.82, 2.24) is 5.32 Å². The second kappa shape index (κ2) is 7.02. The zero-order valence-corrected chi connectivity index (χ0v) is 14.6. The zero-order valence-electron chi connectivity index (χ0n) is 12.2. The number of benzene rings is 2. The van der Waals surface area contributed by atoms with Crippen molar-refractivity contribution in [3.05, 3.63) is 69.0 Å². The van der Waals surface area contributed by atoms with E-state index in [1.807, 2.05) is 24.3 Å². The summed E-state index contributed by atoms with van der Waals surface area (Å²) in [5.41, 5.74) is 1.33. The van der Waals surface area contributed by atoms with Gasteiger partial charge in [0.05, 0.1) is 16.2 Å². The van der Waals surface area contributed by atoms with Crippen molar-refractivity contribution in [2.45, 2.75) is 0 Å². The Labute approximate surface area is 150 Å². The molecule has 1 aliphatic heterocycles. The average Bonchev–Trinajstić information content (AvgIpc) is 2.89. The predicted molar refractivity (Wildman–Crippen MR) is 98.3 cm³/mol. The molecule has 0 radical (unpaired) electrons. The lowest BCUT2D eigenvalue weighted by molar-refractivity contribution is -0.115. The highest BCUT2D eigenvalue weighted by atomic mass is 79.9. The molecule has 1 heterocycles. The molecule has 120 valence electrons. The van der Waals surface area contributed by atoms with E-state index >= 15 is 0 Å². The number of carbonyl (C=O) groups excluding carboxylic acids is 1. The number of hydrogen-bond acceptors (Lipinski definition) is 4. The number of amides is 1. The maximum absolute atomic E-state index is 12.1. The van der Waals surface area contributed by atoms with Gasteiger partial charge in [0.2, 0.25) is 0 Å². The van der Waals surface area contributed by atoms with Crippen molar-refractivity contribution in [3.8, 4) is 0 Å². The zero-order chi connectivity index (χ0) is 17.1. The number of nitrogens with zero attached hydrogens (tertiary/aromatic N) is 1. The summed E-state index contributed by atoms with van der Waals surface area (Å²) in [6.07, 6.45) is 1.56. The first-order chi connectivity index (χ1) is 11.5. The van der Waals surface area contributed by atoms with Crippen molar-refractivity contribution >= 4 is 56.5 Å². The number of rotatable bonds is 3. The lowest BCUT2D eigenvalue weighted by atomic mass is 10.1. The lowest BCUT2D eigenvalue weighted by Crippen LogP contribution is -2.19. The first-order valence-electron chi connectivity index (χ1n) is 6.91. The molecule has 2 aromatic rings. The van der Waals surface area contributed by atoms with Gasteiger partial charge in [-0.05, 0) is 57.5 Å². The van der Waals surface area contributed by atoms with E-state index in [1.165, 1.54) is 17.8 Å². The van der Waals surface area contributed by atoms with E-state index in [2.05, 4.69) is 26.2 Å². The Kier molecular flexibility index (Phi) is 4.82. The first kappa shape index (κ1) is 16.5. The molecule has 0 saturated carbocycles. The highest BCUT2D eigenvalue weighted by molar-refractivity contribution is 9.10. The van der Waals surface area contributed by atoms with Crippen molar-refractivity contribution in [2.75, 3.05) is 0 Å². The maximum Gasteiger partial charge on any atom is 0.336 e. The summed E-state index contributed by atoms with van der Waals surface area (Å²) in [6.45, 7) is 0. The fourth-order valence-electron chi connectivity index (χ4n) is 2.09. The minimum absolute atomic E-state index is 0.148. The molecule has 24 heavy (non-hydrogen) atoms. The number of carboxylic acid groups (broad SMARTS) is 1. The van der Waals surface area contributed by atoms with Gasteiger partial charge in [-0.3, -0.25) is 4.79 Å². The van der Waals surface area contributed by atoms with Crippen LogP contribution in [0.25, 0.3) is 6.08 Å². The van der Waals surface area contributed by atoms with Crippen LogP contribution in [0.3, 0.4) is 0 Å². The molecule has 7 heteroatoms. The molecule has 1 fully saturated rings. The molecule has 3 rings (SSSR count). The third-order valence-corrected chi connectivity index (χ3v) is 4.78. The van der Waals surface area contributed by atoms with Crippen LogP contribution in [-0.2, 0) is 4.79 Å². The van der Waals surface area contributed by atoms with Gasteiger partial charge in [0.1, 0.15) is 0 Å². The van der Waals surface area contributed by atoms with Crippen LogP contribution in [0.4, 0.5) is 5.69 Å². The Hall–Kier alpha value is -2.38. The molecule has 0 bridgehead atoms. The number of para-hydroxylation sites is 1. The second-order valence-corrected chi connectivity index (χ2v) is 6.71. The quantitative estimate of drug-likeness (QED) is 0.759. The molecule has 1 saturated heterocycles. The average molecular weight is 403 g/mol. The summed E-state index contributed by atoms with van der Waals surface area (Å²) < 4.78 is 0.820. The summed E-state index contributed by atoms with van der Waals surface area (Å²) in [6, 6.07) is 14.0. The normalized spacial score (nSPS) is 17.3. The lowest BCUT2D eigenvalue weighted by Gasteiger charge is -2.00. The standard InChI is InChI=1S/C17H11BrN2O3S/c18-12-7-3-4-8-13(12)19-17-20-15(21)14(24-17)9-10-5-1-2-6-11(10)16(22)23/h1-9H,(H,22,23)(H,19,20,21)/b14-9+. The van der Waals surface area contributed by atoms with Gasteiger partial charge in [-0.2, -0.15) is 0 Å². The van der Waals surface area contributed by atoms with Gasteiger partial charge < -0.3 is 10.4 Å². The van der Waals surface area contributed by atoms with E-state index < -0.39 is 5.97 Å². The monoisotopic (exact) mass is 402 g/mol. The number of aliphatic imine (C=N–C) groups is 1. The van der Waals surface area contributed by atoms with Gasteiger partial charge in [0, 0.05) is 4.47 Å². The van der Waals surface area contributed by atoms with Gasteiger partial charge in [-0.25, -0.2) is 9.79 Å². The summed E-state index contributed by atoms with van der Waals surface area (Å²) in [5.74, 6) is -1.33. The van der Waals surface area contributed by atoms with Crippen LogP contribution in [0.5, 0.6) is 0 Å². The van der Waals surface area contributed by atoms with Crippen LogP contribution < -0.4 is 5.32 Å². The fraction of sp³-hybridized carbons (Fsp3) is 0. The Morgan fingerprint density at radius 3 is 2.62 bits per heavy atom.